The van der Waals surface area contributed by atoms with Crippen LogP contribution in [0.15, 0.2) is 29.2 Å². The molecule has 3 unspecified atom stereocenters. The molecule has 0 saturated heterocycles. The molecule has 0 saturated carbocycles. The highest BCUT2D eigenvalue weighted by molar-refractivity contribution is 7.90. The van der Waals surface area contributed by atoms with Gasteiger partial charge in [0.2, 0.25) is 0 Å². The molecule has 0 bridgehead atoms. The first-order chi connectivity index (χ1) is 11.5. The second-order valence-corrected chi connectivity index (χ2v) is 8.74. The number of benzene rings is 1. The predicted octanol–water partition coefficient (Wildman–Crippen LogP) is 0.192. The number of aliphatic hydroxyl groups excluding tert-OH is 2. The Morgan fingerprint density at radius 1 is 1.16 bits per heavy atom. The smallest absolute Gasteiger partial charge is 0.252 e. The van der Waals surface area contributed by atoms with Crippen molar-refractivity contribution < 1.29 is 23.4 Å². The fraction of sp³-hybridized carbons (Fsp3) is 0.588. The average Bonchev–Trinajstić information content (AvgIpc) is 2.51. The Bertz CT molecular complexity index is 658. The zero-order valence-corrected chi connectivity index (χ0v) is 15.7. The van der Waals surface area contributed by atoms with Crippen LogP contribution in [0.5, 0.6) is 0 Å². The summed E-state index contributed by atoms with van der Waals surface area (Å²) in [5.74, 6) is -0.329. The van der Waals surface area contributed by atoms with E-state index in [4.69, 9.17) is 5.73 Å². The van der Waals surface area contributed by atoms with Crippen LogP contribution < -0.4 is 11.1 Å². The molecule has 5 N–H and O–H groups in total. The lowest BCUT2D eigenvalue weighted by atomic mass is 10.0. The monoisotopic (exact) mass is 372 g/mol. The quantitative estimate of drug-likeness (QED) is 0.458. The second kappa shape index (κ2) is 9.28. The standard InChI is InChI=1S/C17H28N2O5S/c1-11(2)4-9-15(20)19-17(22)16(21)14(18)10-12-5-7-13(8-6-12)25(3,23)24/h5-8,11,14-16,20-21H,4,9-10,18H2,1-3H3,(H,19,22). The highest BCUT2D eigenvalue weighted by atomic mass is 32.2. The molecule has 0 spiro atoms. The first kappa shape index (κ1) is 21.6. The number of nitrogens with two attached hydrogens (primary N) is 1. The number of hydrogen-bond donors (Lipinski definition) is 4. The third kappa shape index (κ3) is 7.52. The largest absolute Gasteiger partial charge is 0.382 e. The summed E-state index contributed by atoms with van der Waals surface area (Å²) in [6.45, 7) is 4.02. The molecule has 0 heterocycles. The van der Waals surface area contributed by atoms with Gasteiger partial charge >= 0.3 is 0 Å². The van der Waals surface area contributed by atoms with Crippen molar-refractivity contribution in [2.24, 2.45) is 11.7 Å². The number of rotatable bonds is 9. The van der Waals surface area contributed by atoms with E-state index in [0.717, 1.165) is 12.7 Å². The molecule has 1 amide bonds. The minimum atomic E-state index is -3.28. The van der Waals surface area contributed by atoms with Crippen molar-refractivity contribution in [1.29, 1.82) is 0 Å². The number of sulfone groups is 1. The summed E-state index contributed by atoms with van der Waals surface area (Å²) in [5, 5.41) is 22.1. The van der Waals surface area contributed by atoms with Gasteiger partial charge < -0.3 is 21.3 Å². The minimum Gasteiger partial charge on any atom is -0.382 e. The van der Waals surface area contributed by atoms with Gasteiger partial charge in [-0.15, -0.1) is 0 Å². The number of aliphatic hydroxyl groups is 2. The fourth-order valence-electron chi connectivity index (χ4n) is 2.26. The van der Waals surface area contributed by atoms with Crippen LogP contribution in [-0.4, -0.2) is 49.2 Å². The zero-order valence-electron chi connectivity index (χ0n) is 14.8. The highest BCUT2D eigenvalue weighted by Gasteiger charge is 2.24. The number of amides is 1. The summed E-state index contributed by atoms with van der Waals surface area (Å²) in [4.78, 5) is 12.1. The fourth-order valence-corrected chi connectivity index (χ4v) is 2.89. The average molecular weight is 372 g/mol. The lowest BCUT2D eigenvalue weighted by Crippen LogP contribution is -2.50. The number of carbonyl (C=O) groups is 1. The number of nitrogens with one attached hydrogen (secondary N) is 1. The summed E-state index contributed by atoms with van der Waals surface area (Å²) in [6, 6.07) is 5.23. The van der Waals surface area contributed by atoms with Crippen LogP contribution in [-0.2, 0) is 21.1 Å². The Labute approximate surface area is 149 Å². The van der Waals surface area contributed by atoms with Gasteiger partial charge in [0, 0.05) is 12.3 Å². The molecule has 142 valence electrons. The van der Waals surface area contributed by atoms with E-state index < -0.39 is 34.1 Å². The molecule has 0 radical (unpaired) electrons. The predicted molar refractivity (Wildman–Crippen MR) is 95.5 cm³/mol. The molecule has 3 atom stereocenters. The van der Waals surface area contributed by atoms with Crippen LogP contribution in [0.1, 0.15) is 32.3 Å². The third-order valence-electron chi connectivity index (χ3n) is 3.82. The minimum absolute atomic E-state index is 0.191. The molecule has 0 aliphatic heterocycles. The summed E-state index contributed by atoms with van der Waals surface area (Å²) in [7, 11) is -3.28. The molecule has 0 aromatic heterocycles. The summed E-state index contributed by atoms with van der Waals surface area (Å²) < 4.78 is 22.8. The van der Waals surface area contributed by atoms with Crippen molar-refractivity contribution >= 4 is 15.7 Å². The number of carbonyl (C=O) groups excluding carboxylic acids is 1. The first-order valence-corrected chi connectivity index (χ1v) is 10.1. The van der Waals surface area contributed by atoms with Crippen LogP contribution >= 0.6 is 0 Å². The molecule has 25 heavy (non-hydrogen) atoms. The molecule has 0 aliphatic rings. The van der Waals surface area contributed by atoms with Gasteiger partial charge in [0.15, 0.2) is 9.84 Å². The van der Waals surface area contributed by atoms with Crippen LogP contribution in [0.2, 0.25) is 0 Å². The van der Waals surface area contributed by atoms with Crippen LogP contribution in [0.25, 0.3) is 0 Å². The summed E-state index contributed by atoms with van der Waals surface area (Å²) in [6.07, 6.45) is -0.0315. The molecule has 0 aliphatic carbocycles. The van der Waals surface area contributed by atoms with E-state index in [1.54, 1.807) is 12.1 Å². The normalized spacial score (nSPS) is 15.6. The van der Waals surface area contributed by atoms with Gasteiger partial charge in [-0.25, -0.2) is 8.42 Å². The van der Waals surface area contributed by atoms with Crippen molar-refractivity contribution in [2.75, 3.05) is 6.26 Å². The van der Waals surface area contributed by atoms with E-state index in [2.05, 4.69) is 5.32 Å². The van der Waals surface area contributed by atoms with Gasteiger partial charge in [0.25, 0.3) is 5.91 Å². The topological polar surface area (TPSA) is 130 Å². The summed E-state index contributed by atoms with van der Waals surface area (Å²) >= 11 is 0. The Kier molecular flexibility index (Phi) is 8.01. The number of hydrogen-bond acceptors (Lipinski definition) is 6. The Morgan fingerprint density at radius 2 is 1.72 bits per heavy atom. The van der Waals surface area contributed by atoms with Crippen LogP contribution in [0.4, 0.5) is 0 Å². The van der Waals surface area contributed by atoms with Crippen LogP contribution in [0, 0.1) is 5.92 Å². The van der Waals surface area contributed by atoms with Gasteiger partial charge in [0.05, 0.1) is 4.90 Å². The van der Waals surface area contributed by atoms with Crippen molar-refractivity contribution in [1.82, 2.24) is 5.32 Å². The molecule has 8 heteroatoms. The van der Waals surface area contributed by atoms with Crippen molar-refractivity contribution in [3.8, 4) is 0 Å². The zero-order chi connectivity index (χ0) is 19.2. The molecular weight excluding hydrogens is 344 g/mol. The maximum absolute atomic E-state index is 11.9. The Balaban J connectivity index is 2.58. The van der Waals surface area contributed by atoms with Gasteiger partial charge in [-0.2, -0.15) is 0 Å². The van der Waals surface area contributed by atoms with E-state index in [0.29, 0.717) is 17.9 Å². The van der Waals surface area contributed by atoms with E-state index >= 15 is 0 Å². The van der Waals surface area contributed by atoms with E-state index in [-0.39, 0.29) is 11.3 Å². The maximum Gasteiger partial charge on any atom is 0.252 e. The lowest BCUT2D eigenvalue weighted by Gasteiger charge is -2.21. The molecule has 0 fully saturated rings. The van der Waals surface area contributed by atoms with E-state index in [1.165, 1.54) is 12.1 Å². The van der Waals surface area contributed by atoms with E-state index in [9.17, 15) is 23.4 Å². The molecular formula is C17H28N2O5S. The Morgan fingerprint density at radius 3 is 2.20 bits per heavy atom. The molecule has 7 nitrogen and oxygen atoms in total. The van der Waals surface area contributed by atoms with Crippen molar-refractivity contribution in [3.05, 3.63) is 29.8 Å². The van der Waals surface area contributed by atoms with Gasteiger partial charge in [-0.05, 0) is 42.9 Å². The van der Waals surface area contributed by atoms with Gasteiger partial charge in [-0.3, -0.25) is 4.79 Å². The highest BCUT2D eigenvalue weighted by Crippen LogP contribution is 2.12. The molecule has 1 aromatic rings. The van der Waals surface area contributed by atoms with Gasteiger partial charge in [-0.1, -0.05) is 26.0 Å². The van der Waals surface area contributed by atoms with E-state index in [1.807, 2.05) is 13.8 Å². The second-order valence-electron chi connectivity index (χ2n) is 6.72. The Hall–Kier alpha value is -1.48. The first-order valence-electron chi connectivity index (χ1n) is 8.21. The van der Waals surface area contributed by atoms with Crippen LogP contribution in [0.3, 0.4) is 0 Å². The maximum atomic E-state index is 11.9. The third-order valence-corrected chi connectivity index (χ3v) is 4.95. The molecule has 1 aromatic carbocycles. The SMILES string of the molecule is CC(C)CCC(O)NC(=O)C(O)C(N)Cc1ccc(S(C)(=O)=O)cc1. The summed E-state index contributed by atoms with van der Waals surface area (Å²) in [5.41, 5.74) is 6.56. The lowest BCUT2D eigenvalue weighted by molar-refractivity contribution is -0.133. The van der Waals surface area contributed by atoms with Gasteiger partial charge in [0.1, 0.15) is 12.3 Å². The molecule has 1 rings (SSSR count). The van der Waals surface area contributed by atoms with Crippen molar-refractivity contribution in [2.45, 2.75) is 56.4 Å². The van der Waals surface area contributed by atoms with Crippen molar-refractivity contribution in [3.63, 3.8) is 0 Å².